The van der Waals surface area contributed by atoms with Crippen LogP contribution in [0.15, 0.2) is 24.3 Å². The number of carbonyl (C=O) groups is 1. The fraction of sp³-hybridized carbons (Fsp3) is 0.533. The van der Waals surface area contributed by atoms with Crippen molar-refractivity contribution in [3.05, 3.63) is 29.8 Å². The third kappa shape index (κ3) is 4.24. The van der Waals surface area contributed by atoms with Gasteiger partial charge >= 0.3 is 6.03 Å². The first-order chi connectivity index (χ1) is 9.15. The van der Waals surface area contributed by atoms with Crippen molar-refractivity contribution in [3.63, 3.8) is 0 Å². The molecule has 1 aliphatic rings. The summed E-state index contributed by atoms with van der Waals surface area (Å²) >= 11 is 0. The van der Waals surface area contributed by atoms with Gasteiger partial charge in [-0.25, -0.2) is 4.79 Å². The molecule has 0 aromatic heterocycles. The van der Waals surface area contributed by atoms with Gasteiger partial charge in [-0.05, 0) is 30.5 Å². The minimum absolute atomic E-state index is 0.0190. The highest BCUT2D eigenvalue weighted by Gasteiger charge is 2.17. The molecule has 1 aromatic rings. The van der Waals surface area contributed by atoms with Crippen LogP contribution in [0.3, 0.4) is 0 Å². The Hall–Kier alpha value is -1.55. The van der Waals surface area contributed by atoms with E-state index in [2.05, 4.69) is 36.6 Å². The molecule has 0 spiro atoms. The predicted molar refractivity (Wildman–Crippen MR) is 78.2 cm³/mol. The fourth-order valence-electron chi connectivity index (χ4n) is 2.15. The van der Waals surface area contributed by atoms with Gasteiger partial charge < -0.3 is 15.5 Å². The van der Waals surface area contributed by atoms with Crippen molar-refractivity contribution in [3.8, 4) is 0 Å². The van der Waals surface area contributed by atoms with Crippen LogP contribution in [0, 0.1) is 0 Å². The second kappa shape index (κ2) is 6.57. The number of urea groups is 1. The maximum atomic E-state index is 11.9. The van der Waals surface area contributed by atoms with Crippen molar-refractivity contribution >= 4 is 11.7 Å². The van der Waals surface area contributed by atoms with Crippen molar-refractivity contribution in [1.82, 2.24) is 10.2 Å². The molecule has 1 aliphatic heterocycles. The Morgan fingerprint density at radius 3 is 2.42 bits per heavy atom. The second-order valence-corrected chi connectivity index (χ2v) is 5.36. The largest absolute Gasteiger partial charge is 0.325 e. The number of carbonyl (C=O) groups excluding carboxylic acids is 1. The average molecular weight is 261 g/mol. The van der Waals surface area contributed by atoms with Gasteiger partial charge in [0, 0.05) is 31.4 Å². The van der Waals surface area contributed by atoms with Crippen LogP contribution in [0.25, 0.3) is 0 Å². The molecule has 2 rings (SSSR count). The highest BCUT2D eigenvalue weighted by atomic mass is 16.2. The quantitative estimate of drug-likeness (QED) is 0.875. The van der Waals surface area contributed by atoms with Gasteiger partial charge in [-0.1, -0.05) is 26.0 Å². The fourth-order valence-corrected chi connectivity index (χ4v) is 2.15. The Bertz CT molecular complexity index is 408. The topological polar surface area (TPSA) is 44.4 Å². The van der Waals surface area contributed by atoms with Crippen LogP contribution in [-0.4, -0.2) is 30.1 Å². The summed E-state index contributed by atoms with van der Waals surface area (Å²) in [6.45, 7) is 6.87. The lowest BCUT2D eigenvalue weighted by atomic mass is 10.2. The summed E-state index contributed by atoms with van der Waals surface area (Å²) in [5, 5.41) is 6.31. The van der Waals surface area contributed by atoms with Crippen LogP contribution in [0.2, 0.25) is 0 Å². The van der Waals surface area contributed by atoms with Crippen molar-refractivity contribution in [2.75, 3.05) is 18.4 Å². The Kier molecular flexibility index (Phi) is 4.80. The molecule has 2 N–H and O–H groups in total. The van der Waals surface area contributed by atoms with E-state index in [1.807, 2.05) is 17.0 Å². The van der Waals surface area contributed by atoms with Gasteiger partial charge in [-0.2, -0.15) is 0 Å². The summed E-state index contributed by atoms with van der Waals surface area (Å²) in [4.78, 5) is 13.8. The van der Waals surface area contributed by atoms with Gasteiger partial charge in [0.1, 0.15) is 0 Å². The number of hydrogen-bond donors (Lipinski definition) is 2. The molecule has 1 heterocycles. The van der Waals surface area contributed by atoms with Gasteiger partial charge in [0.25, 0.3) is 0 Å². The average Bonchev–Trinajstić information content (AvgIpc) is 2.92. The van der Waals surface area contributed by atoms with Crippen LogP contribution in [0.1, 0.15) is 32.3 Å². The van der Waals surface area contributed by atoms with E-state index in [1.165, 1.54) is 5.56 Å². The standard InChI is InChI=1S/C15H23N3O/c1-12(2)16-11-13-5-7-14(8-6-13)17-15(19)18-9-3-4-10-18/h5-8,12,16H,3-4,9-11H2,1-2H3,(H,17,19). The summed E-state index contributed by atoms with van der Waals surface area (Å²) in [6, 6.07) is 8.53. The second-order valence-electron chi connectivity index (χ2n) is 5.36. The van der Waals surface area contributed by atoms with E-state index in [0.717, 1.165) is 38.2 Å². The zero-order chi connectivity index (χ0) is 13.7. The number of anilines is 1. The Morgan fingerprint density at radius 1 is 1.21 bits per heavy atom. The predicted octanol–water partition coefficient (Wildman–Crippen LogP) is 2.81. The Labute approximate surface area is 115 Å². The summed E-state index contributed by atoms with van der Waals surface area (Å²) < 4.78 is 0. The molecule has 104 valence electrons. The van der Waals surface area contributed by atoms with Crippen LogP contribution in [-0.2, 0) is 6.54 Å². The summed E-state index contributed by atoms with van der Waals surface area (Å²) in [5.74, 6) is 0. The molecule has 1 saturated heterocycles. The molecule has 0 radical (unpaired) electrons. The van der Waals surface area contributed by atoms with E-state index in [9.17, 15) is 4.79 Å². The number of nitrogens with zero attached hydrogens (tertiary/aromatic N) is 1. The Morgan fingerprint density at radius 2 is 1.84 bits per heavy atom. The van der Waals surface area contributed by atoms with Crippen LogP contribution < -0.4 is 10.6 Å². The van der Waals surface area contributed by atoms with E-state index in [-0.39, 0.29) is 6.03 Å². The number of benzene rings is 1. The lowest BCUT2D eigenvalue weighted by Gasteiger charge is -2.16. The molecular formula is C15H23N3O. The third-order valence-electron chi connectivity index (χ3n) is 3.31. The lowest BCUT2D eigenvalue weighted by Crippen LogP contribution is -2.32. The van der Waals surface area contributed by atoms with Crippen LogP contribution >= 0.6 is 0 Å². The van der Waals surface area contributed by atoms with Gasteiger partial charge in [-0.15, -0.1) is 0 Å². The first-order valence-electron chi connectivity index (χ1n) is 7.03. The number of hydrogen-bond acceptors (Lipinski definition) is 2. The minimum atomic E-state index is 0.0190. The summed E-state index contributed by atoms with van der Waals surface area (Å²) in [6.07, 6.45) is 2.24. The van der Waals surface area contributed by atoms with Crippen molar-refractivity contribution in [1.29, 1.82) is 0 Å². The van der Waals surface area contributed by atoms with Crippen molar-refractivity contribution in [2.45, 2.75) is 39.3 Å². The third-order valence-corrected chi connectivity index (χ3v) is 3.31. The molecule has 0 atom stereocenters. The van der Waals surface area contributed by atoms with E-state index in [1.54, 1.807) is 0 Å². The first kappa shape index (κ1) is 13.9. The molecule has 1 aromatic carbocycles. The molecule has 2 amide bonds. The normalized spacial score (nSPS) is 15.0. The maximum absolute atomic E-state index is 11.9. The molecule has 0 bridgehead atoms. The van der Waals surface area contributed by atoms with Crippen molar-refractivity contribution < 1.29 is 4.79 Å². The number of amides is 2. The monoisotopic (exact) mass is 261 g/mol. The SMILES string of the molecule is CC(C)NCc1ccc(NC(=O)N2CCCC2)cc1. The molecule has 19 heavy (non-hydrogen) atoms. The summed E-state index contributed by atoms with van der Waals surface area (Å²) in [5.41, 5.74) is 2.10. The molecule has 1 fully saturated rings. The zero-order valence-electron chi connectivity index (χ0n) is 11.8. The highest BCUT2D eigenvalue weighted by Crippen LogP contribution is 2.13. The number of nitrogens with one attached hydrogen (secondary N) is 2. The van der Waals surface area contributed by atoms with E-state index >= 15 is 0 Å². The molecule has 4 nitrogen and oxygen atoms in total. The van der Waals surface area contributed by atoms with Crippen LogP contribution in [0.4, 0.5) is 10.5 Å². The van der Waals surface area contributed by atoms with Crippen molar-refractivity contribution in [2.24, 2.45) is 0 Å². The smallest absolute Gasteiger partial charge is 0.321 e. The minimum Gasteiger partial charge on any atom is -0.325 e. The van der Waals surface area contributed by atoms with Gasteiger partial charge in [0.2, 0.25) is 0 Å². The van der Waals surface area contributed by atoms with Gasteiger partial charge in [0.15, 0.2) is 0 Å². The lowest BCUT2D eigenvalue weighted by molar-refractivity contribution is 0.222. The van der Waals surface area contributed by atoms with E-state index < -0.39 is 0 Å². The summed E-state index contributed by atoms with van der Waals surface area (Å²) in [7, 11) is 0. The maximum Gasteiger partial charge on any atom is 0.321 e. The number of rotatable bonds is 4. The molecular weight excluding hydrogens is 238 g/mol. The van der Waals surface area contributed by atoms with E-state index in [4.69, 9.17) is 0 Å². The van der Waals surface area contributed by atoms with Gasteiger partial charge in [0.05, 0.1) is 0 Å². The van der Waals surface area contributed by atoms with Gasteiger partial charge in [-0.3, -0.25) is 0 Å². The highest BCUT2D eigenvalue weighted by molar-refractivity contribution is 5.89. The molecule has 4 heteroatoms. The first-order valence-corrected chi connectivity index (χ1v) is 7.03. The van der Waals surface area contributed by atoms with E-state index in [0.29, 0.717) is 6.04 Å². The molecule has 0 saturated carbocycles. The molecule has 0 unspecified atom stereocenters. The Balaban J connectivity index is 1.85. The molecule has 0 aliphatic carbocycles. The zero-order valence-corrected chi connectivity index (χ0v) is 11.8. The van der Waals surface area contributed by atoms with Crippen LogP contribution in [0.5, 0.6) is 0 Å². The number of likely N-dealkylation sites (tertiary alicyclic amines) is 1.